The van der Waals surface area contributed by atoms with Crippen molar-refractivity contribution >= 4 is 11.9 Å². The number of hydrogen-bond acceptors (Lipinski definition) is 1. The third kappa shape index (κ3) is 3.41. The van der Waals surface area contributed by atoms with Crippen molar-refractivity contribution in [3.05, 3.63) is 77.9 Å². The van der Waals surface area contributed by atoms with Crippen LogP contribution in [0.15, 0.2) is 66.7 Å². The fourth-order valence-corrected chi connectivity index (χ4v) is 1.91. The van der Waals surface area contributed by atoms with Crippen molar-refractivity contribution in [1.29, 1.82) is 0 Å². The first-order valence-electron chi connectivity index (χ1n) is 6.44. The fraction of sp³-hybridized carbons (Fsp3) is 0.167. The van der Waals surface area contributed by atoms with Gasteiger partial charge in [-0.3, -0.25) is 4.79 Å². The molecule has 0 aromatic heterocycles. The highest BCUT2D eigenvalue weighted by Crippen LogP contribution is 2.24. The lowest BCUT2D eigenvalue weighted by molar-refractivity contribution is 0.0886. The van der Waals surface area contributed by atoms with E-state index in [2.05, 4.69) is 0 Å². The topological polar surface area (TPSA) is 17.1 Å². The quantitative estimate of drug-likeness (QED) is 0.724. The number of allylic oxidation sites excluding steroid dienone is 1. The Labute approximate surface area is 114 Å². The maximum Gasteiger partial charge on any atom is 0.172 e. The van der Waals surface area contributed by atoms with Crippen molar-refractivity contribution in [3.63, 3.8) is 0 Å². The summed E-state index contributed by atoms with van der Waals surface area (Å²) in [6.07, 6.45) is 3.97. The molecule has 0 spiro atoms. The number of benzene rings is 2. The molecule has 0 aliphatic carbocycles. The summed E-state index contributed by atoms with van der Waals surface area (Å²) in [6, 6.07) is 19.5. The first kappa shape index (κ1) is 13.3. The molecule has 0 saturated heterocycles. The van der Waals surface area contributed by atoms with E-state index in [1.54, 1.807) is 0 Å². The maximum absolute atomic E-state index is 12.4. The Hall–Kier alpha value is -2.15. The molecule has 2 rings (SSSR count). The molecule has 0 amide bonds. The van der Waals surface area contributed by atoms with Crippen LogP contribution in [0.2, 0.25) is 0 Å². The van der Waals surface area contributed by atoms with Gasteiger partial charge in [-0.1, -0.05) is 72.8 Å². The van der Waals surface area contributed by atoms with Gasteiger partial charge in [-0.05, 0) is 19.4 Å². The monoisotopic (exact) mass is 250 g/mol. The first-order chi connectivity index (χ1) is 9.09. The molecule has 0 saturated carbocycles. The van der Waals surface area contributed by atoms with Gasteiger partial charge in [0.2, 0.25) is 0 Å². The van der Waals surface area contributed by atoms with Gasteiger partial charge in [-0.2, -0.15) is 0 Å². The molecule has 1 heteroatoms. The molecule has 0 aliphatic heterocycles. The van der Waals surface area contributed by atoms with Crippen molar-refractivity contribution < 1.29 is 4.79 Å². The average Bonchev–Trinajstić information content (AvgIpc) is 2.46. The Balaban J connectivity index is 2.19. The normalized spacial score (nSPS) is 11.7. The molecule has 0 N–H and O–H groups in total. The molecule has 0 bridgehead atoms. The van der Waals surface area contributed by atoms with Crippen molar-refractivity contribution in [2.45, 2.75) is 13.8 Å². The zero-order chi connectivity index (χ0) is 13.7. The predicted octanol–water partition coefficient (Wildman–Crippen LogP) is 4.61. The summed E-state index contributed by atoms with van der Waals surface area (Å²) in [5, 5.41) is 0. The largest absolute Gasteiger partial charge is 0.293 e. The van der Waals surface area contributed by atoms with Crippen LogP contribution in [0.3, 0.4) is 0 Å². The summed E-state index contributed by atoms with van der Waals surface area (Å²) in [7, 11) is 0. The van der Waals surface area contributed by atoms with Gasteiger partial charge in [0.15, 0.2) is 5.78 Å². The van der Waals surface area contributed by atoms with Gasteiger partial charge in [-0.15, -0.1) is 0 Å². The average molecular weight is 250 g/mol. The van der Waals surface area contributed by atoms with Crippen LogP contribution in [0.5, 0.6) is 0 Å². The van der Waals surface area contributed by atoms with Gasteiger partial charge >= 0.3 is 0 Å². The highest BCUT2D eigenvalue weighted by Gasteiger charge is 2.25. The number of carbonyl (C=O) groups excluding carboxylic acids is 1. The van der Waals surface area contributed by atoms with E-state index in [-0.39, 0.29) is 5.78 Å². The standard InChI is InChI=1S/C18H18O/c1-18(2,14-13-15-9-5-3-6-10-15)17(19)16-11-7-4-8-12-16/h3-14H,1-2H3/b14-13+. The Kier molecular flexibility index (Phi) is 3.96. The zero-order valence-corrected chi connectivity index (χ0v) is 11.3. The van der Waals surface area contributed by atoms with E-state index in [0.29, 0.717) is 0 Å². The molecular formula is C18H18O. The summed E-state index contributed by atoms with van der Waals surface area (Å²) in [5.74, 6) is 0.139. The number of Topliss-reactive ketones (excluding diaryl/α,β-unsaturated/α-hetero) is 1. The molecule has 19 heavy (non-hydrogen) atoms. The number of hydrogen-bond donors (Lipinski definition) is 0. The second-order valence-corrected chi connectivity index (χ2v) is 5.16. The van der Waals surface area contributed by atoms with E-state index in [9.17, 15) is 4.79 Å². The fourth-order valence-electron chi connectivity index (χ4n) is 1.91. The second kappa shape index (κ2) is 5.66. The third-order valence-electron chi connectivity index (χ3n) is 3.11. The van der Waals surface area contributed by atoms with E-state index >= 15 is 0 Å². The molecular weight excluding hydrogens is 232 g/mol. The molecule has 0 fully saturated rings. The van der Waals surface area contributed by atoms with Crippen LogP contribution in [-0.4, -0.2) is 5.78 Å². The van der Waals surface area contributed by atoms with Gasteiger partial charge < -0.3 is 0 Å². The second-order valence-electron chi connectivity index (χ2n) is 5.16. The smallest absolute Gasteiger partial charge is 0.172 e. The van der Waals surface area contributed by atoms with E-state index in [1.807, 2.05) is 86.7 Å². The Bertz CT molecular complexity index is 565. The number of carbonyl (C=O) groups is 1. The third-order valence-corrected chi connectivity index (χ3v) is 3.11. The van der Waals surface area contributed by atoms with Gasteiger partial charge in [-0.25, -0.2) is 0 Å². The van der Waals surface area contributed by atoms with Crippen molar-refractivity contribution in [2.24, 2.45) is 5.41 Å². The van der Waals surface area contributed by atoms with Gasteiger partial charge in [0.05, 0.1) is 0 Å². The minimum absolute atomic E-state index is 0.139. The van der Waals surface area contributed by atoms with Crippen molar-refractivity contribution in [3.8, 4) is 0 Å². The van der Waals surface area contributed by atoms with Gasteiger partial charge in [0, 0.05) is 11.0 Å². The van der Waals surface area contributed by atoms with E-state index in [1.165, 1.54) is 0 Å². The molecule has 0 unspecified atom stereocenters. The number of rotatable bonds is 4. The summed E-state index contributed by atoms with van der Waals surface area (Å²) in [4.78, 5) is 12.4. The van der Waals surface area contributed by atoms with Crippen LogP contribution < -0.4 is 0 Å². The predicted molar refractivity (Wildman–Crippen MR) is 80.0 cm³/mol. The van der Waals surface area contributed by atoms with Crippen molar-refractivity contribution in [2.75, 3.05) is 0 Å². The van der Waals surface area contributed by atoms with Crippen LogP contribution in [0, 0.1) is 5.41 Å². The van der Waals surface area contributed by atoms with Crippen LogP contribution in [-0.2, 0) is 0 Å². The van der Waals surface area contributed by atoms with Gasteiger partial charge in [0.25, 0.3) is 0 Å². The minimum Gasteiger partial charge on any atom is -0.293 e. The first-order valence-corrected chi connectivity index (χ1v) is 6.44. The van der Waals surface area contributed by atoms with Crippen LogP contribution >= 0.6 is 0 Å². The molecule has 96 valence electrons. The van der Waals surface area contributed by atoms with Crippen molar-refractivity contribution in [1.82, 2.24) is 0 Å². The van der Waals surface area contributed by atoms with Crippen LogP contribution in [0.25, 0.3) is 6.08 Å². The molecule has 2 aromatic carbocycles. The highest BCUT2D eigenvalue weighted by molar-refractivity contribution is 6.01. The molecule has 2 aromatic rings. The lowest BCUT2D eigenvalue weighted by atomic mass is 9.83. The molecule has 0 atom stereocenters. The molecule has 0 heterocycles. The maximum atomic E-state index is 12.4. The van der Waals surface area contributed by atoms with Gasteiger partial charge in [0.1, 0.15) is 0 Å². The Morgan fingerprint density at radius 2 is 1.42 bits per heavy atom. The highest BCUT2D eigenvalue weighted by atomic mass is 16.1. The van der Waals surface area contributed by atoms with E-state index in [4.69, 9.17) is 0 Å². The lowest BCUT2D eigenvalue weighted by Gasteiger charge is -2.18. The molecule has 1 nitrogen and oxygen atoms in total. The molecule has 0 aliphatic rings. The molecule has 0 radical (unpaired) electrons. The van der Waals surface area contributed by atoms with Crippen LogP contribution in [0.4, 0.5) is 0 Å². The Morgan fingerprint density at radius 1 is 0.895 bits per heavy atom. The summed E-state index contributed by atoms with van der Waals surface area (Å²) >= 11 is 0. The summed E-state index contributed by atoms with van der Waals surface area (Å²) < 4.78 is 0. The zero-order valence-electron chi connectivity index (χ0n) is 11.3. The summed E-state index contributed by atoms with van der Waals surface area (Å²) in [5.41, 5.74) is 1.36. The lowest BCUT2D eigenvalue weighted by Crippen LogP contribution is -2.21. The van der Waals surface area contributed by atoms with Crippen LogP contribution in [0.1, 0.15) is 29.8 Å². The summed E-state index contributed by atoms with van der Waals surface area (Å²) in [6.45, 7) is 3.89. The number of ketones is 1. The SMILES string of the molecule is CC(C)(/C=C/c1ccccc1)C(=O)c1ccccc1. The Morgan fingerprint density at radius 3 is 2.00 bits per heavy atom. The minimum atomic E-state index is -0.503. The van der Waals surface area contributed by atoms with E-state index < -0.39 is 5.41 Å². The van der Waals surface area contributed by atoms with E-state index in [0.717, 1.165) is 11.1 Å².